The first-order valence-corrected chi connectivity index (χ1v) is 21.0. The molecule has 0 atom stereocenters. The first kappa shape index (κ1) is 40.3. The Balaban J connectivity index is 0.000000213. The quantitative estimate of drug-likeness (QED) is 0.159. The van der Waals surface area contributed by atoms with Crippen molar-refractivity contribution < 1.29 is 36.4 Å². The van der Waals surface area contributed by atoms with Crippen LogP contribution in [0.4, 0.5) is 0 Å². The molecule has 2 N–H and O–H groups in total. The Morgan fingerprint density at radius 2 is 0.896 bits per heavy atom. The van der Waals surface area contributed by atoms with E-state index in [1.165, 1.54) is 62.5 Å². The van der Waals surface area contributed by atoms with E-state index in [2.05, 4.69) is 80.6 Å². The summed E-state index contributed by atoms with van der Waals surface area (Å²) in [5, 5.41) is 22.7. The number of aryl methyl sites for hydroxylation is 6. The number of phenolic OH excluding ortho intramolecular Hbond substituents is 2. The monoisotopic (exact) mass is 740 g/mol. The summed E-state index contributed by atoms with van der Waals surface area (Å²) in [6, 6.07) is 16.5. The Morgan fingerprint density at radius 3 is 1.21 bits per heavy atom. The zero-order chi connectivity index (χ0) is 34.9. The summed E-state index contributed by atoms with van der Waals surface area (Å²) in [5.74, 6) is 0.793. The molecule has 4 heteroatoms. The molecule has 2 aliphatic rings. The molecule has 258 valence electrons. The SMILES string of the molecule is Cc1[cH-]c2c(c1[Si](C)(C)c1c(C)[cH-]c3c1CCCC3)CCCC2.Cc1ccc(O)c(C(C)(C)C)c1.Cc1ccc(O)c(C(C)(C)C)c1.[Zr+2]. The number of hydrogen-bond donors (Lipinski definition) is 2. The number of rotatable bonds is 2. The molecule has 0 saturated carbocycles. The zero-order valence-electron chi connectivity index (χ0n) is 32.2. The molecule has 4 aromatic carbocycles. The van der Waals surface area contributed by atoms with E-state index in [1.54, 1.807) is 55.9 Å². The second kappa shape index (κ2) is 15.8. The number of fused-ring (bicyclic) bond motifs is 2. The van der Waals surface area contributed by atoms with Crippen LogP contribution in [0.15, 0.2) is 48.5 Å². The van der Waals surface area contributed by atoms with Crippen molar-refractivity contribution in [3.05, 3.63) is 104 Å². The fourth-order valence-corrected chi connectivity index (χ4v) is 12.7. The van der Waals surface area contributed by atoms with Crippen LogP contribution >= 0.6 is 0 Å². The molecule has 0 aliphatic heterocycles. The predicted molar refractivity (Wildman–Crippen MR) is 207 cm³/mol. The Bertz CT molecular complexity index is 1560. The van der Waals surface area contributed by atoms with Gasteiger partial charge in [0.05, 0.1) is 0 Å². The van der Waals surface area contributed by atoms with Crippen LogP contribution in [0, 0.1) is 27.7 Å². The Labute approximate surface area is 313 Å². The summed E-state index contributed by atoms with van der Waals surface area (Å²) in [6.07, 6.45) is 10.9. The van der Waals surface area contributed by atoms with Crippen LogP contribution < -0.4 is 10.4 Å². The van der Waals surface area contributed by atoms with Crippen molar-refractivity contribution in [1.82, 2.24) is 0 Å². The van der Waals surface area contributed by atoms with Crippen molar-refractivity contribution in [2.45, 2.75) is 145 Å². The van der Waals surface area contributed by atoms with Gasteiger partial charge >= 0.3 is 26.2 Å². The second-order valence-electron chi connectivity index (χ2n) is 17.0. The molecule has 0 spiro atoms. The van der Waals surface area contributed by atoms with Gasteiger partial charge in [0.15, 0.2) is 0 Å². The summed E-state index contributed by atoms with van der Waals surface area (Å²) >= 11 is 0. The van der Waals surface area contributed by atoms with Crippen LogP contribution in [0.5, 0.6) is 11.5 Å². The van der Waals surface area contributed by atoms with Crippen LogP contribution in [0.1, 0.15) is 123 Å². The van der Waals surface area contributed by atoms with Gasteiger partial charge in [-0.25, -0.2) is 10.4 Å². The van der Waals surface area contributed by atoms with E-state index in [9.17, 15) is 10.2 Å². The Kier molecular flexibility index (Phi) is 13.3. The van der Waals surface area contributed by atoms with Crippen LogP contribution in [0.2, 0.25) is 13.1 Å². The second-order valence-corrected chi connectivity index (χ2v) is 21.2. The maximum Gasteiger partial charge on any atom is 2.00 e. The zero-order valence-corrected chi connectivity index (χ0v) is 35.6. The van der Waals surface area contributed by atoms with Gasteiger partial charge in [0.25, 0.3) is 0 Å². The first-order valence-electron chi connectivity index (χ1n) is 18.0. The van der Waals surface area contributed by atoms with Crippen molar-refractivity contribution in [1.29, 1.82) is 0 Å². The predicted octanol–water partition coefficient (Wildman–Crippen LogP) is 10.3. The third-order valence-corrected chi connectivity index (χ3v) is 14.3. The maximum atomic E-state index is 9.57. The van der Waals surface area contributed by atoms with Crippen molar-refractivity contribution in [2.75, 3.05) is 0 Å². The van der Waals surface area contributed by atoms with Crippen molar-refractivity contribution in [2.24, 2.45) is 0 Å². The molecule has 48 heavy (non-hydrogen) atoms. The molecule has 0 amide bonds. The van der Waals surface area contributed by atoms with E-state index >= 15 is 0 Å². The van der Waals surface area contributed by atoms with Crippen molar-refractivity contribution in [3.8, 4) is 11.5 Å². The van der Waals surface area contributed by atoms with Crippen molar-refractivity contribution >= 4 is 18.4 Å². The third-order valence-electron chi connectivity index (χ3n) is 10.4. The topological polar surface area (TPSA) is 40.5 Å². The minimum atomic E-state index is -1.60. The van der Waals surface area contributed by atoms with Gasteiger partial charge in [-0.05, 0) is 56.0 Å². The molecule has 0 aromatic heterocycles. The van der Waals surface area contributed by atoms with Crippen LogP contribution in [0.3, 0.4) is 0 Å². The minimum Gasteiger partial charge on any atom is -0.508 e. The van der Waals surface area contributed by atoms with Gasteiger partial charge < -0.3 is 10.2 Å². The van der Waals surface area contributed by atoms with E-state index in [1.807, 2.05) is 38.1 Å². The van der Waals surface area contributed by atoms with Crippen LogP contribution in [-0.2, 0) is 62.7 Å². The fraction of sp³-hybridized carbons (Fsp3) is 0.500. The Morgan fingerprint density at radius 1 is 0.562 bits per heavy atom. The first-order chi connectivity index (χ1) is 21.8. The smallest absolute Gasteiger partial charge is 0.508 e. The van der Waals surface area contributed by atoms with Gasteiger partial charge in [-0.2, -0.15) is 45.5 Å². The normalized spacial score (nSPS) is 14.4. The van der Waals surface area contributed by atoms with Gasteiger partial charge in [-0.1, -0.05) is 155 Å². The third kappa shape index (κ3) is 9.14. The fourth-order valence-electron chi connectivity index (χ4n) is 8.26. The molecule has 2 aliphatic carbocycles. The molecule has 0 unspecified atom stereocenters. The summed E-state index contributed by atoms with van der Waals surface area (Å²) in [6.45, 7) is 26.7. The standard InChI is InChI=1S/C22H30Si.2C11H16O.Zr/c1-15-13-17-9-5-7-11-19(17)21(15)23(3,4)22-16(2)14-18-10-6-8-12-20(18)22;2*1-8-5-6-10(12)9(7-8)11(2,3)4;/h13-14H,5-12H2,1-4H3;2*5-7,12H,1-4H3;/q-2;;;+2. The molecule has 0 radical (unpaired) electrons. The van der Waals surface area contributed by atoms with Crippen LogP contribution in [-0.4, -0.2) is 18.3 Å². The van der Waals surface area contributed by atoms with Crippen molar-refractivity contribution in [3.63, 3.8) is 0 Å². The molecular weight excluding hydrogens is 680 g/mol. The molecule has 2 nitrogen and oxygen atoms in total. The molecule has 0 bridgehead atoms. The molecule has 4 aromatic rings. The van der Waals surface area contributed by atoms with Gasteiger partial charge in [0.1, 0.15) is 11.5 Å². The van der Waals surface area contributed by atoms with E-state index in [0.717, 1.165) is 11.1 Å². The average molecular weight is 742 g/mol. The van der Waals surface area contributed by atoms with Gasteiger partial charge in [0, 0.05) is 0 Å². The number of aromatic hydroxyl groups is 2. The van der Waals surface area contributed by atoms with Gasteiger partial charge in [-0.3, -0.25) is 0 Å². The van der Waals surface area contributed by atoms with E-state index in [4.69, 9.17) is 0 Å². The van der Waals surface area contributed by atoms with E-state index in [0.29, 0.717) is 11.5 Å². The number of hydrogen-bond acceptors (Lipinski definition) is 2. The molecule has 0 saturated heterocycles. The van der Waals surface area contributed by atoms with E-state index in [-0.39, 0.29) is 37.0 Å². The minimum absolute atomic E-state index is 0. The largest absolute Gasteiger partial charge is 2.00 e. The molecule has 0 fully saturated rings. The van der Waals surface area contributed by atoms with Gasteiger partial charge in [-0.15, -0.1) is 0 Å². The molecule has 0 heterocycles. The average Bonchev–Trinajstić information content (AvgIpc) is 3.51. The number of phenols is 2. The summed E-state index contributed by atoms with van der Waals surface area (Å²) < 4.78 is 0. The molecule has 6 rings (SSSR count). The van der Waals surface area contributed by atoms with Gasteiger partial charge in [0.2, 0.25) is 0 Å². The summed E-state index contributed by atoms with van der Waals surface area (Å²) in [4.78, 5) is 0. The molecular formula is C44H62O2SiZr. The van der Waals surface area contributed by atoms with E-state index < -0.39 is 8.07 Å². The summed E-state index contributed by atoms with van der Waals surface area (Å²) in [7, 11) is -1.60. The number of benzene rings is 2. The summed E-state index contributed by atoms with van der Waals surface area (Å²) in [5.41, 5.74) is 14.5. The maximum absolute atomic E-state index is 9.57. The van der Waals surface area contributed by atoms with Crippen LogP contribution in [0.25, 0.3) is 0 Å². The Hall–Kier alpha value is -2.16.